The van der Waals surface area contributed by atoms with E-state index >= 15 is 0 Å². The molecule has 0 amide bonds. The van der Waals surface area contributed by atoms with E-state index in [-0.39, 0.29) is 57.2 Å². The summed E-state index contributed by atoms with van der Waals surface area (Å²) in [5, 5.41) is 0. The third-order valence-corrected chi connectivity index (χ3v) is 1.34. The Morgan fingerprint density at radius 3 is 1.22 bits per heavy atom. The number of hydrogen-bond acceptors (Lipinski definition) is 1. The van der Waals surface area contributed by atoms with Crippen LogP contribution in [0.15, 0.2) is 0 Å². The first kappa shape index (κ1) is 16.8. The molecule has 0 rings (SSSR count). The maximum Gasteiger partial charge on any atom is 2.00 e. The second-order valence-corrected chi connectivity index (χ2v) is 1.62. The van der Waals surface area contributed by atoms with Crippen molar-refractivity contribution in [3.05, 3.63) is 0 Å². The standard InChI is InChI=1S/C6H15N.Ba.H2O.2H/c1-4-7(5-2)6-3;;;;/h4-6H2,1-3H3;;1H2;;/q;+2;;2*-1. The summed E-state index contributed by atoms with van der Waals surface area (Å²) < 4.78 is 0. The van der Waals surface area contributed by atoms with Crippen LogP contribution in [0.3, 0.4) is 0 Å². The monoisotopic (exact) mass is 259 g/mol. The molecule has 0 aliphatic heterocycles. The summed E-state index contributed by atoms with van der Waals surface area (Å²) in [6.07, 6.45) is 0. The van der Waals surface area contributed by atoms with Crippen molar-refractivity contribution in [1.29, 1.82) is 0 Å². The Bertz CT molecular complexity index is 42.1. The van der Waals surface area contributed by atoms with Gasteiger partial charge in [-0.2, -0.15) is 0 Å². The second kappa shape index (κ2) is 12.2. The molecule has 2 N–H and O–H groups in total. The van der Waals surface area contributed by atoms with Gasteiger partial charge in [0.15, 0.2) is 0 Å². The average molecular weight is 259 g/mol. The quantitative estimate of drug-likeness (QED) is 0.674. The van der Waals surface area contributed by atoms with Gasteiger partial charge in [-0.05, 0) is 19.6 Å². The smallest absolute Gasteiger partial charge is 1.00 e. The molecule has 0 saturated carbocycles. The van der Waals surface area contributed by atoms with Crippen LogP contribution in [0.25, 0.3) is 0 Å². The minimum absolute atomic E-state index is 0. The van der Waals surface area contributed by atoms with Crippen molar-refractivity contribution in [2.75, 3.05) is 19.6 Å². The van der Waals surface area contributed by atoms with Crippen LogP contribution >= 0.6 is 0 Å². The molecule has 0 aliphatic carbocycles. The van der Waals surface area contributed by atoms with Crippen molar-refractivity contribution in [3.63, 3.8) is 0 Å². The summed E-state index contributed by atoms with van der Waals surface area (Å²) in [6, 6.07) is 0. The fourth-order valence-electron chi connectivity index (χ4n) is 0.671. The van der Waals surface area contributed by atoms with Gasteiger partial charge in [0, 0.05) is 0 Å². The molecule has 0 atom stereocenters. The predicted octanol–water partition coefficient (Wildman–Crippen LogP) is 0.368. The van der Waals surface area contributed by atoms with E-state index in [1.54, 1.807) is 0 Å². The molecule has 0 unspecified atom stereocenters. The SMILES string of the molecule is CCN(CC)CC.O.[Ba+2].[H-].[H-]. The molecule has 3 heteroatoms. The second-order valence-electron chi connectivity index (χ2n) is 1.62. The van der Waals surface area contributed by atoms with Crippen LogP contribution in [0.2, 0.25) is 0 Å². The molecule has 0 saturated heterocycles. The Balaban J connectivity index is -0.0000000300. The van der Waals surface area contributed by atoms with Gasteiger partial charge in [-0.3, -0.25) is 0 Å². The first-order valence-corrected chi connectivity index (χ1v) is 3.07. The molecule has 0 aromatic heterocycles. The normalized spacial score (nSPS) is 8.00. The van der Waals surface area contributed by atoms with E-state index < -0.39 is 0 Å². The van der Waals surface area contributed by atoms with Gasteiger partial charge in [0.2, 0.25) is 0 Å². The molecule has 0 fully saturated rings. The third kappa shape index (κ3) is 9.49. The zero-order chi connectivity index (χ0) is 5.70. The van der Waals surface area contributed by atoms with E-state index in [1.807, 2.05) is 0 Å². The summed E-state index contributed by atoms with van der Waals surface area (Å²) in [7, 11) is 0. The fraction of sp³-hybridized carbons (Fsp3) is 1.00. The van der Waals surface area contributed by atoms with Crippen molar-refractivity contribution in [3.8, 4) is 0 Å². The summed E-state index contributed by atoms with van der Waals surface area (Å²) in [5.74, 6) is 0. The Morgan fingerprint density at radius 2 is 1.22 bits per heavy atom. The number of rotatable bonds is 3. The van der Waals surface area contributed by atoms with Crippen molar-refractivity contribution in [1.82, 2.24) is 4.90 Å². The van der Waals surface area contributed by atoms with Crippen LogP contribution in [0.1, 0.15) is 23.6 Å². The molecule has 0 radical (unpaired) electrons. The minimum atomic E-state index is 0. The average Bonchev–Trinajstić information content (AvgIpc) is 1.72. The number of hydrogen-bond donors (Lipinski definition) is 0. The Kier molecular flexibility index (Phi) is 22.8. The van der Waals surface area contributed by atoms with Crippen molar-refractivity contribution in [2.24, 2.45) is 0 Å². The maximum atomic E-state index is 2.38. The Hall–Kier alpha value is 1.49. The van der Waals surface area contributed by atoms with Crippen LogP contribution < -0.4 is 0 Å². The van der Waals surface area contributed by atoms with Crippen LogP contribution in [-0.2, 0) is 0 Å². The molecule has 56 valence electrons. The zero-order valence-corrected chi connectivity index (χ0v) is 11.2. The van der Waals surface area contributed by atoms with Gasteiger partial charge in [-0.15, -0.1) is 0 Å². The first-order valence-electron chi connectivity index (χ1n) is 3.07. The minimum Gasteiger partial charge on any atom is -1.00 e. The third-order valence-electron chi connectivity index (χ3n) is 1.34. The van der Waals surface area contributed by atoms with Gasteiger partial charge in [0.25, 0.3) is 0 Å². The van der Waals surface area contributed by atoms with E-state index in [4.69, 9.17) is 0 Å². The van der Waals surface area contributed by atoms with Crippen molar-refractivity contribution < 1.29 is 8.33 Å². The summed E-state index contributed by atoms with van der Waals surface area (Å²) in [6.45, 7) is 10.1. The van der Waals surface area contributed by atoms with Crippen molar-refractivity contribution in [2.45, 2.75) is 20.8 Å². The van der Waals surface area contributed by atoms with E-state index in [2.05, 4.69) is 25.7 Å². The van der Waals surface area contributed by atoms with Gasteiger partial charge >= 0.3 is 48.9 Å². The topological polar surface area (TPSA) is 34.7 Å². The summed E-state index contributed by atoms with van der Waals surface area (Å²) in [5.41, 5.74) is 0. The van der Waals surface area contributed by atoms with Gasteiger partial charge < -0.3 is 13.2 Å². The van der Waals surface area contributed by atoms with Gasteiger partial charge in [-0.1, -0.05) is 20.8 Å². The van der Waals surface area contributed by atoms with Gasteiger partial charge in [0.1, 0.15) is 0 Å². The van der Waals surface area contributed by atoms with Gasteiger partial charge in [0.05, 0.1) is 0 Å². The predicted molar refractivity (Wildman–Crippen MR) is 45.1 cm³/mol. The Labute approximate surface area is 101 Å². The summed E-state index contributed by atoms with van der Waals surface area (Å²) >= 11 is 0. The van der Waals surface area contributed by atoms with Crippen molar-refractivity contribution >= 4 is 48.9 Å². The zero-order valence-electron chi connectivity index (χ0n) is 8.78. The largest absolute Gasteiger partial charge is 2.00 e. The molecule has 0 heterocycles. The molecule has 9 heavy (non-hydrogen) atoms. The molecule has 0 aromatic rings. The molecule has 0 spiro atoms. The first-order chi connectivity index (χ1) is 3.35. The Morgan fingerprint density at radius 1 is 1.00 bits per heavy atom. The summed E-state index contributed by atoms with van der Waals surface area (Å²) in [4.78, 5) is 2.38. The molecule has 2 nitrogen and oxygen atoms in total. The van der Waals surface area contributed by atoms with E-state index in [0.29, 0.717) is 0 Å². The maximum absolute atomic E-state index is 2.38. The van der Waals surface area contributed by atoms with Crippen LogP contribution in [0.4, 0.5) is 0 Å². The molecular weight excluding hydrogens is 239 g/mol. The molecule has 0 bridgehead atoms. The van der Waals surface area contributed by atoms with E-state index in [1.165, 1.54) is 19.6 Å². The molecule has 0 aliphatic rings. The van der Waals surface area contributed by atoms with E-state index in [0.717, 1.165) is 0 Å². The molecular formula is C6H19BaNO. The van der Waals surface area contributed by atoms with Crippen LogP contribution in [0, 0.1) is 0 Å². The van der Waals surface area contributed by atoms with Crippen LogP contribution in [-0.4, -0.2) is 78.9 Å². The van der Waals surface area contributed by atoms with E-state index in [9.17, 15) is 0 Å². The molecule has 0 aromatic carbocycles. The van der Waals surface area contributed by atoms with Crippen LogP contribution in [0.5, 0.6) is 0 Å². The number of nitrogens with zero attached hydrogens (tertiary/aromatic N) is 1. The van der Waals surface area contributed by atoms with Gasteiger partial charge in [-0.25, -0.2) is 0 Å². The fourth-order valence-corrected chi connectivity index (χ4v) is 0.671.